The molecule has 7 heteroatoms. The van der Waals surface area contributed by atoms with Gasteiger partial charge in [-0.05, 0) is 43.3 Å². The first-order valence-electron chi connectivity index (χ1n) is 10.2. The van der Waals surface area contributed by atoms with Crippen LogP contribution in [-0.4, -0.2) is 52.8 Å². The summed E-state index contributed by atoms with van der Waals surface area (Å²) in [5, 5.41) is 24.5. The molecular formula is C23H25N3O4. The Morgan fingerprint density at radius 1 is 1.23 bits per heavy atom. The van der Waals surface area contributed by atoms with E-state index in [1.807, 2.05) is 31.3 Å². The van der Waals surface area contributed by atoms with Crippen molar-refractivity contribution in [3.8, 4) is 5.75 Å². The third kappa shape index (κ3) is 2.58. The van der Waals surface area contributed by atoms with Crippen LogP contribution in [-0.2, 0) is 18.3 Å². The highest BCUT2D eigenvalue weighted by Crippen LogP contribution is 2.52. The number of likely N-dealkylation sites (tertiary alicyclic amines) is 1. The fraction of sp³-hybridized carbons (Fsp3) is 0.391. The zero-order valence-electron chi connectivity index (χ0n) is 17.1. The molecule has 30 heavy (non-hydrogen) atoms. The molecule has 1 fully saturated rings. The molecule has 0 spiro atoms. The number of methoxy groups -OCH3 is 1. The second-order valence-electron chi connectivity index (χ2n) is 8.73. The number of likely N-dealkylation sites (N-methyl/N-ethyl adjacent to an activating group) is 1. The Balaban J connectivity index is 1.73. The van der Waals surface area contributed by atoms with Gasteiger partial charge in [-0.15, -0.1) is 0 Å². The first kappa shape index (κ1) is 19.1. The Labute approximate surface area is 174 Å². The van der Waals surface area contributed by atoms with Crippen molar-refractivity contribution in [1.82, 2.24) is 9.88 Å². The highest BCUT2D eigenvalue weighted by molar-refractivity contribution is 5.92. The van der Waals surface area contributed by atoms with E-state index in [9.17, 15) is 15.2 Å². The summed E-state index contributed by atoms with van der Waals surface area (Å²) in [5.41, 5.74) is 2.17. The Kier molecular flexibility index (Phi) is 4.17. The summed E-state index contributed by atoms with van der Waals surface area (Å²) >= 11 is 0. The number of nitro groups is 1. The lowest BCUT2D eigenvalue weighted by Crippen LogP contribution is -2.65. The smallest absolute Gasteiger partial charge is 0.293 e. The van der Waals surface area contributed by atoms with Gasteiger partial charge >= 0.3 is 0 Å². The Hall–Kier alpha value is -2.90. The maximum Gasteiger partial charge on any atom is 0.293 e. The SMILES string of the molecule is COc1cccc(C23CCN(C)CC2(O)Cc2c([nH]c4c([N+](=O)[O-])cccc24)C3)c1. The normalized spacial score (nSPS) is 26.2. The number of nitrogens with one attached hydrogen (secondary N) is 1. The number of β-amino-alcohol motifs (C(OH)–C–C–N with tert-alkyl or cyclic N) is 1. The van der Waals surface area contributed by atoms with Crippen LogP contribution in [0.5, 0.6) is 5.75 Å². The molecule has 5 rings (SSSR count). The highest BCUT2D eigenvalue weighted by atomic mass is 16.6. The first-order valence-corrected chi connectivity index (χ1v) is 10.2. The number of nitrogens with zero attached hydrogens (tertiary/aromatic N) is 2. The molecule has 2 unspecified atom stereocenters. The van der Waals surface area contributed by atoms with Crippen molar-refractivity contribution in [2.45, 2.75) is 30.3 Å². The molecular weight excluding hydrogens is 382 g/mol. The molecule has 1 aromatic heterocycles. The second-order valence-corrected chi connectivity index (χ2v) is 8.73. The maximum absolute atomic E-state index is 12.1. The summed E-state index contributed by atoms with van der Waals surface area (Å²) in [4.78, 5) is 16.7. The summed E-state index contributed by atoms with van der Waals surface area (Å²) < 4.78 is 5.46. The van der Waals surface area contributed by atoms with E-state index in [1.54, 1.807) is 13.2 Å². The average molecular weight is 407 g/mol. The Morgan fingerprint density at radius 3 is 2.80 bits per heavy atom. The van der Waals surface area contributed by atoms with Gasteiger partial charge in [0.1, 0.15) is 11.3 Å². The first-order chi connectivity index (χ1) is 14.4. The van der Waals surface area contributed by atoms with E-state index in [4.69, 9.17) is 4.74 Å². The quantitative estimate of drug-likeness (QED) is 0.514. The molecule has 2 aliphatic rings. The van der Waals surface area contributed by atoms with Crippen LogP contribution in [0.1, 0.15) is 23.2 Å². The molecule has 2 atom stereocenters. The number of fused-ring (bicyclic) bond motifs is 4. The molecule has 0 radical (unpaired) electrons. The molecule has 1 aliphatic carbocycles. The molecule has 1 saturated heterocycles. The summed E-state index contributed by atoms with van der Waals surface area (Å²) in [6.45, 7) is 1.42. The molecule has 0 bridgehead atoms. The summed E-state index contributed by atoms with van der Waals surface area (Å²) in [5.74, 6) is 0.765. The van der Waals surface area contributed by atoms with E-state index >= 15 is 0 Å². The lowest BCUT2D eigenvalue weighted by atomic mass is 9.56. The van der Waals surface area contributed by atoms with E-state index in [2.05, 4.69) is 16.0 Å². The molecule has 7 nitrogen and oxygen atoms in total. The van der Waals surface area contributed by atoms with Gasteiger partial charge in [-0.25, -0.2) is 0 Å². The zero-order valence-corrected chi connectivity index (χ0v) is 17.1. The van der Waals surface area contributed by atoms with Gasteiger partial charge in [-0.2, -0.15) is 0 Å². The molecule has 0 amide bonds. The van der Waals surface area contributed by atoms with Crippen molar-refractivity contribution < 1.29 is 14.8 Å². The van der Waals surface area contributed by atoms with Gasteiger partial charge < -0.3 is 19.7 Å². The Morgan fingerprint density at radius 2 is 2.03 bits per heavy atom. The van der Waals surface area contributed by atoms with Crippen molar-refractivity contribution in [2.24, 2.45) is 0 Å². The number of ether oxygens (including phenoxy) is 1. The summed E-state index contributed by atoms with van der Waals surface area (Å²) in [6.07, 6.45) is 1.85. The van der Waals surface area contributed by atoms with Crippen LogP contribution in [0.25, 0.3) is 10.9 Å². The third-order valence-corrected chi connectivity index (χ3v) is 7.12. The number of piperidine rings is 1. The summed E-state index contributed by atoms with van der Waals surface area (Å²) in [7, 11) is 3.68. The lowest BCUT2D eigenvalue weighted by Gasteiger charge is -2.56. The molecule has 156 valence electrons. The largest absolute Gasteiger partial charge is 0.497 e. The van der Waals surface area contributed by atoms with Crippen LogP contribution in [0, 0.1) is 10.1 Å². The minimum Gasteiger partial charge on any atom is -0.497 e. The maximum atomic E-state index is 12.1. The number of benzene rings is 2. The minimum absolute atomic E-state index is 0.0735. The number of non-ortho nitro benzene ring substituents is 1. The number of para-hydroxylation sites is 1. The second kappa shape index (κ2) is 6.55. The van der Waals surface area contributed by atoms with E-state index in [0.717, 1.165) is 40.9 Å². The molecule has 2 N–H and O–H groups in total. The number of nitro benzene ring substituents is 1. The van der Waals surface area contributed by atoms with E-state index in [1.165, 1.54) is 6.07 Å². The van der Waals surface area contributed by atoms with Crippen LogP contribution >= 0.6 is 0 Å². The molecule has 0 saturated carbocycles. The van der Waals surface area contributed by atoms with Gasteiger partial charge in [0.25, 0.3) is 5.69 Å². The predicted molar refractivity (Wildman–Crippen MR) is 114 cm³/mol. The molecule has 3 aromatic rings. The number of rotatable bonds is 3. The third-order valence-electron chi connectivity index (χ3n) is 7.12. The Bertz CT molecular complexity index is 1160. The number of hydrogen-bond donors (Lipinski definition) is 2. The standard InChI is InChI=1S/C23H25N3O4/c1-25-10-9-22(15-5-3-6-16(11-15)30-2)13-19-18(12-23(22,27)14-25)17-7-4-8-20(26(28)29)21(17)24-19/h3-8,11,24,27H,9-10,12-14H2,1-2H3. The van der Waals surface area contributed by atoms with Crippen molar-refractivity contribution in [3.63, 3.8) is 0 Å². The molecule has 2 heterocycles. The van der Waals surface area contributed by atoms with Crippen LogP contribution < -0.4 is 4.74 Å². The fourth-order valence-electron chi connectivity index (χ4n) is 5.62. The zero-order chi connectivity index (χ0) is 21.1. The van der Waals surface area contributed by atoms with Crippen molar-refractivity contribution in [2.75, 3.05) is 27.2 Å². The molecule has 2 aromatic carbocycles. The van der Waals surface area contributed by atoms with Crippen LogP contribution in [0.2, 0.25) is 0 Å². The van der Waals surface area contributed by atoms with Gasteiger partial charge in [0.05, 0.1) is 17.6 Å². The van der Waals surface area contributed by atoms with Gasteiger partial charge in [0.2, 0.25) is 0 Å². The number of aromatic nitrogens is 1. The molecule has 1 aliphatic heterocycles. The number of hydrogen-bond acceptors (Lipinski definition) is 5. The monoisotopic (exact) mass is 407 g/mol. The predicted octanol–water partition coefficient (Wildman–Crippen LogP) is 3.19. The fourth-order valence-corrected chi connectivity index (χ4v) is 5.62. The van der Waals surface area contributed by atoms with E-state index < -0.39 is 11.0 Å². The topological polar surface area (TPSA) is 91.6 Å². The van der Waals surface area contributed by atoms with Crippen molar-refractivity contribution in [1.29, 1.82) is 0 Å². The van der Waals surface area contributed by atoms with Crippen molar-refractivity contribution >= 4 is 16.6 Å². The van der Waals surface area contributed by atoms with E-state index in [-0.39, 0.29) is 10.6 Å². The van der Waals surface area contributed by atoms with Crippen LogP contribution in [0.15, 0.2) is 42.5 Å². The van der Waals surface area contributed by atoms with Gasteiger partial charge in [0, 0.05) is 41.9 Å². The van der Waals surface area contributed by atoms with Crippen molar-refractivity contribution in [3.05, 3.63) is 69.4 Å². The highest BCUT2D eigenvalue weighted by Gasteiger charge is 2.57. The van der Waals surface area contributed by atoms with Crippen LogP contribution in [0.4, 0.5) is 5.69 Å². The van der Waals surface area contributed by atoms with Gasteiger partial charge in [0.15, 0.2) is 0 Å². The minimum atomic E-state index is -0.987. The van der Waals surface area contributed by atoms with Gasteiger partial charge in [-0.3, -0.25) is 10.1 Å². The number of H-pyrrole nitrogens is 1. The van der Waals surface area contributed by atoms with Crippen LogP contribution in [0.3, 0.4) is 0 Å². The summed E-state index contributed by atoms with van der Waals surface area (Å²) in [6, 6.07) is 13.1. The number of aliphatic hydroxyl groups is 1. The van der Waals surface area contributed by atoms with Gasteiger partial charge in [-0.1, -0.05) is 24.3 Å². The average Bonchev–Trinajstić information content (AvgIpc) is 3.08. The number of aromatic amines is 1. The lowest BCUT2D eigenvalue weighted by molar-refractivity contribution is -0.383. The van der Waals surface area contributed by atoms with E-state index in [0.29, 0.717) is 24.9 Å².